The summed E-state index contributed by atoms with van der Waals surface area (Å²) in [5.41, 5.74) is 1.88. The van der Waals surface area contributed by atoms with Crippen molar-refractivity contribution >= 4 is 11.9 Å². The Labute approximate surface area is 142 Å². The summed E-state index contributed by atoms with van der Waals surface area (Å²) in [6.07, 6.45) is 1.97. The molecule has 1 amide bonds. The minimum atomic E-state index is -1.03. The topological polar surface area (TPSA) is 84.9 Å². The molecule has 0 saturated carbocycles. The number of carboxylic acids is 1. The number of amides is 1. The molecule has 1 atom stereocenters. The Balaban J connectivity index is 1.98. The second-order valence-corrected chi connectivity index (χ2v) is 6.87. The van der Waals surface area contributed by atoms with Crippen molar-refractivity contribution in [3.63, 3.8) is 0 Å². The van der Waals surface area contributed by atoms with Gasteiger partial charge in [0, 0.05) is 12.1 Å². The number of carboxylic acid groups (broad SMARTS) is 1. The molecule has 0 spiro atoms. The number of hydrogen-bond acceptors (Lipinski definition) is 4. The SMILES string of the molecule is Cc1cc(C(=O)NCC2CCC(C)(C)O2)cc(C)c1OCC(=O)O. The molecular formula is C18H25NO5. The molecule has 0 radical (unpaired) electrons. The zero-order chi connectivity index (χ0) is 17.9. The van der Waals surface area contributed by atoms with E-state index in [1.807, 2.05) is 0 Å². The van der Waals surface area contributed by atoms with E-state index in [0.29, 0.717) is 17.9 Å². The molecule has 0 bridgehead atoms. The molecule has 2 rings (SSSR count). The van der Waals surface area contributed by atoms with Crippen LogP contribution in [0.25, 0.3) is 0 Å². The van der Waals surface area contributed by atoms with Crippen molar-refractivity contribution in [3.05, 3.63) is 28.8 Å². The fraction of sp³-hybridized carbons (Fsp3) is 0.556. The lowest BCUT2D eigenvalue weighted by Gasteiger charge is -2.19. The van der Waals surface area contributed by atoms with Crippen LogP contribution in [0, 0.1) is 13.8 Å². The van der Waals surface area contributed by atoms with Gasteiger partial charge in [0.1, 0.15) is 5.75 Å². The van der Waals surface area contributed by atoms with Gasteiger partial charge >= 0.3 is 5.97 Å². The van der Waals surface area contributed by atoms with Crippen molar-refractivity contribution in [2.45, 2.75) is 52.2 Å². The summed E-state index contributed by atoms with van der Waals surface area (Å²) in [5.74, 6) is -0.691. The molecule has 6 nitrogen and oxygen atoms in total. The Morgan fingerprint density at radius 1 is 1.33 bits per heavy atom. The van der Waals surface area contributed by atoms with Gasteiger partial charge in [-0.15, -0.1) is 0 Å². The van der Waals surface area contributed by atoms with Crippen molar-refractivity contribution in [2.24, 2.45) is 0 Å². The summed E-state index contributed by atoms with van der Waals surface area (Å²) in [6, 6.07) is 3.41. The first-order chi connectivity index (χ1) is 11.2. The lowest BCUT2D eigenvalue weighted by molar-refractivity contribution is -0.139. The Bertz CT molecular complexity index is 615. The van der Waals surface area contributed by atoms with Crippen molar-refractivity contribution in [2.75, 3.05) is 13.2 Å². The number of aryl methyl sites for hydroxylation is 2. The van der Waals surface area contributed by atoms with Crippen LogP contribution in [-0.4, -0.2) is 41.8 Å². The van der Waals surface area contributed by atoms with Crippen molar-refractivity contribution < 1.29 is 24.2 Å². The standard InChI is InChI=1S/C18H25NO5/c1-11-7-13(8-12(2)16(11)23-10-15(20)21)17(22)19-9-14-5-6-18(3,4)24-14/h7-8,14H,5-6,9-10H2,1-4H3,(H,19,22)(H,20,21). The highest BCUT2D eigenvalue weighted by molar-refractivity contribution is 5.95. The van der Waals surface area contributed by atoms with Gasteiger partial charge in [-0.05, 0) is 63.8 Å². The molecule has 1 saturated heterocycles. The van der Waals surface area contributed by atoms with Crippen molar-refractivity contribution in [3.8, 4) is 5.75 Å². The predicted molar refractivity (Wildman–Crippen MR) is 89.6 cm³/mol. The summed E-state index contributed by atoms with van der Waals surface area (Å²) in [4.78, 5) is 23.0. The van der Waals surface area contributed by atoms with Crippen LogP contribution in [0.2, 0.25) is 0 Å². The van der Waals surface area contributed by atoms with Crippen LogP contribution in [0.4, 0.5) is 0 Å². The minimum Gasteiger partial charge on any atom is -0.481 e. The van der Waals surface area contributed by atoms with Crippen LogP contribution in [0.1, 0.15) is 48.2 Å². The molecular weight excluding hydrogens is 310 g/mol. The summed E-state index contributed by atoms with van der Waals surface area (Å²) in [5, 5.41) is 11.6. The molecule has 1 aliphatic heterocycles. The molecule has 1 aliphatic rings. The quantitative estimate of drug-likeness (QED) is 0.834. The zero-order valence-corrected chi connectivity index (χ0v) is 14.6. The minimum absolute atomic E-state index is 0.0457. The number of rotatable bonds is 6. The lowest BCUT2D eigenvalue weighted by atomic mass is 10.0. The van der Waals surface area contributed by atoms with Gasteiger partial charge < -0.3 is 19.9 Å². The monoisotopic (exact) mass is 335 g/mol. The second kappa shape index (κ2) is 7.21. The maximum atomic E-state index is 12.3. The molecule has 1 fully saturated rings. The van der Waals surface area contributed by atoms with Gasteiger partial charge in [0.2, 0.25) is 0 Å². The number of nitrogens with one attached hydrogen (secondary N) is 1. The molecule has 1 heterocycles. The maximum absolute atomic E-state index is 12.3. The van der Waals surface area contributed by atoms with Crippen LogP contribution < -0.4 is 10.1 Å². The number of hydrogen-bond donors (Lipinski definition) is 2. The number of benzene rings is 1. The van der Waals surface area contributed by atoms with Gasteiger partial charge in [-0.25, -0.2) is 4.79 Å². The Morgan fingerprint density at radius 2 is 1.96 bits per heavy atom. The number of ether oxygens (including phenoxy) is 2. The van der Waals surface area contributed by atoms with Gasteiger partial charge in [-0.3, -0.25) is 4.79 Å². The van der Waals surface area contributed by atoms with E-state index >= 15 is 0 Å². The average molecular weight is 335 g/mol. The summed E-state index contributed by atoms with van der Waals surface area (Å²) < 4.78 is 11.1. The van der Waals surface area contributed by atoms with Crippen molar-refractivity contribution in [1.29, 1.82) is 0 Å². The van der Waals surface area contributed by atoms with Gasteiger partial charge in [0.15, 0.2) is 6.61 Å². The van der Waals surface area contributed by atoms with E-state index in [4.69, 9.17) is 14.6 Å². The molecule has 1 aromatic rings. The van der Waals surface area contributed by atoms with E-state index in [1.165, 1.54) is 0 Å². The molecule has 1 unspecified atom stereocenters. The Morgan fingerprint density at radius 3 is 2.46 bits per heavy atom. The van der Waals surface area contributed by atoms with E-state index < -0.39 is 12.6 Å². The number of carbonyl (C=O) groups is 2. The van der Waals surface area contributed by atoms with E-state index in [9.17, 15) is 9.59 Å². The van der Waals surface area contributed by atoms with Crippen LogP contribution in [-0.2, 0) is 9.53 Å². The molecule has 6 heteroatoms. The van der Waals surface area contributed by atoms with Gasteiger partial charge in [0.25, 0.3) is 5.91 Å². The van der Waals surface area contributed by atoms with Crippen LogP contribution in [0.5, 0.6) is 5.75 Å². The average Bonchev–Trinajstić information content (AvgIpc) is 2.82. The fourth-order valence-corrected chi connectivity index (χ4v) is 2.97. The summed E-state index contributed by atoms with van der Waals surface area (Å²) in [7, 11) is 0. The van der Waals surface area contributed by atoms with Gasteiger partial charge in [-0.2, -0.15) is 0 Å². The lowest BCUT2D eigenvalue weighted by Crippen LogP contribution is -2.33. The first-order valence-electron chi connectivity index (χ1n) is 8.10. The molecule has 0 aliphatic carbocycles. The number of aliphatic carboxylic acids is 1. The van der Waals surface area contributed by atoms with Crippen molar-refractivity contribution in [1.82, 2.24) is 5.32 Å². The highest BCUT2D eigenvalue weighted by Crippen LogP contribution is 2.29. The maximum Gasteiger partial charge on any atom is 0.341 e. The zero-order valence-electron chi connectivity index (χ0n) is 14.6. The fourth-order valence-electron chi connectivity index (χ4n) is 2.97. The highest BCUT2D eigenvalue weighted by atomic mass is 16.5. The van der Waals surface area contributed by atoms with E-state index in [2.05, 4.69) is 19.2 Å². The molecule has 0 aromatic heterocycles. The van der Waals surface area contributed by atoms with E-state index in [-0.39, 0.29) is 17.6 Å². The normalized spacial score (nSPS) is 19.1. The molecule has 2 N–H and O–H groups in total. The molecule has 1 aromatic carbocycles. The molecule has 24 heavy (non-hydrogen) atoms. The summed E-state index contributed by atoms with van der Waals surface area (Å²) >= 11 is 0. The third-order valence-corrected chi connectivity index (χ3v) is 4.11. The number of carbonyl (C=O) groups excluding carboxylic acids is 1. The van der Waals surface area contributed by atoms with Crippen LogP contribution >= 0.6 is 0 Å². The highest BCUT2D eigenvalue weighted by Gasteiger charge is 2.31. The van der Waals surface area contributed by atoms with Crippen LogP contribution in [0.3, 0.4) is 0 Å². The third-order valence-electron chi connectivity index (χ3n) is 4.11. The molecule has 132 valence electrons. The van der Waals surface area contributed by atoms with Crippen LogP contribution in [0.15, 0.2) is 12.1 Å². The van der Waals surface area contributed by atoms with E-state index in [0.717, 1.165) is 24.0 Å². The van der Waals surface area contributed by atoms with E-state index in [1.54, 1.807) is 26.0 Å². The Kier molecular flexibility index (Phi) is 5.49. The summed E-state index contributed by atoms with van der Waals surface area (Å²) in [6.45, 7) is 7.78. The smallest absolute Gasteiger partial charge is 0.341 e. The first kappa shape index (κ1) is 18.3. The predicted octanol–water partition coefficient (Wildman–Crippen LogP) is 2.45. The Hall–Kier alpha value is -2.08. The largest absolute Gasteiger partial charge is 0.481 e. The second-order valence-electron chi connectivity index (χ2n) is 6.87. The first-order valence-corrected chi connectivity index (χ1v) is 8.10. The third kappa shape index (κ3) is 4.71. The van der Waals surface area contributed by atoms with Gasteiger partial charge in [0.05, 0.1) is 11.7 Å². The van der Waals surface area contributed by atoms with Gasteiger partial charge in [-0.1, -0.05) is 0 Å².